The molecule has 0 amide bonds. The van der Waals surface area contributed by atoms with E-state index in [1.54, 1.807) is 12.4 Å². The number of alkyl halides is 1. The van der Waals surface area contributed by atoms with E-state index in [1.807, 2.05) is 7.05 Å². The van der Waals surface area contributed by atoms with Crippen molar-refractivity contribution in [3.63, 3.8) is 0 Å². The molecule has 0 N–H and O–H groups in total. The van der Waals surface area contributed by atoms with Gasteiger partial charge in [-0.3, -0.25) is 4.98 Å². The molecule has 3 nitrogen and oxygen atoms in total. The van der Waals surface area contributed by atoms with Crippen molar-refractivity contribution >= 4 is 17.4 Å². The van der Waals surface area contributed by atoms with Gasteiger partial charge in [-0.05, 0) is 12.5 Å². The highest BCUT2D eigenvalue weighted by Gasteiger charge is 2.05. The Labute approximate surface area is 112 Å². The summed E-state index contributed by atoms with van der Waals surface area (Å²) in [5.74, 6) is 1.23. The first-order chi connectivity index (χ1) is 8.69. The molecule has 0 aliphatic carbocycles. The third-order valence-corrected chi connectivity index (χ3v) is 3.01. The van der Waals surface area contributed by atoms with Gasteiger partial charge in [-0.1, -0.05) is 29.8 Å². The Morgan fingerprint density at radius 3 is 2.56 bits per heavy atom. The first kappa shape index (κ1) is 12.8. The maximum atomic E-state index is 5.76. The normalized spacial score (nSPS) is 10.4. The average Bonchev–Trinajstić information content (AvgIpc) is 2.41. The second-order valence-electron chi connectivity index (χ2n) is 4.34. The molecule has 0 spiro atoms. The van der Waals surface area contributed by atoms with Crippen LogP contribution in [0.1, 0.15) is 16.8 Å². The van der Waals surface area contributed by atoms with Crippen molar-refractivity contribution in [3.8, 4) is 0 Å². The predicted octanol–water partition coefficient (Wildman–Crippen LogP) is 3.16. The van der Waals surface area contributed by atoms with Gasteiger partial charge in [0.15, 0.2) is 0 Å². The van der Waals surface area contributed by atoms with Crippen molar-refractivity contribution < 1.29 is 0 Å². The quantitative estimate of drug-likeness (QED) is 0.792. The van der Waals surface area contributed by atoms with Gasteiger partial charge in [0.25, 0.3) is 0 Å². The summed E-state index contributed by atoms with van der Waals surface area (Å²) in [5.41, 5.74) is 3.32. The molecule has 0 bridgehead atoms. The predicted molar refractivity (Wildman–Crippen MR) is 74.9 cm³/mol. The van der Waals surface area contributed by atoms with Crippen LogP contribution >= 0.6 is 11.6 Å². The van der Waals surface area contributed by atoms with E-state index >= 15 is 0 Å². The first-order valence-corrected chi connectivity index (χ1v) is 6.36. The second kappa shape index (κ2) is 5.83. The van der Waals surface area contributed by atoms with Crippen molar-refractivity contribution in [2.45, 2.75) is 19.3 Å². The fourth-order valence-corrected chi connectivity index (χ4v) is 1.82. The monoisotopic (exact) mass is 261 g/mol. The van der Waals surface area contributed by atoms with Gasteiger partial charge < -0.3 is 4.90 Å². The highest BCUT2D eigenvalue weighted by Crippen LogP contribution is 2.13. The van der Waals surface area contributed by atoms with E-state index in [9.17, 15) is 0 Å². The molecular weight excluding hydrogens is 246 g/mol. The SMILES string of the molecule is Cc1ccc(CN(C)c2cncc(CCl)n2)cc1. The lowest BCUT2D eigenvalue weighted by Crippen LogP contribution is -2.18. The molecule has 94 valence electrons. The molecule has 0 aliphatic rings. The number of rotatable bonds is 4. The number of hydrogen-bond donors (Lipinski definition) is 0. The molecule has 0 fully saturated rings. The van der Waals surface area contributed by atoms with Crippen LogP contribution in [-0.4, -0.2) is 17.0 Å². The van der Waals surface area contributed by atoms with Gasteiger partial charge in [0.2, 0.25) is 0 Å². The Bertz CT molecular complexity index is 511. The summed E-state index contributed by atoms with van der Waals surface area (Å²) in [6.07, 6.45) is 3.44. The van der Waals surface area contributed by atoms with Gasteiger partial charge in [0.05, 0.1) is 17.8 Å². The van der Waals surface area contributed by atoms with Crippen LogP contribution in [0.3, 0.4) is 0 Å². The Hall–Kier alpha value is -1.61. The molecule has 18 heavy (non-hydrogen) atoms. The van der Waals surface area contributed by atoms with E-state index in [0.29, 0.717) is 5.88 Å². The van der Waals surface area contributed by atoms with Crippen LogP contribution in [-0.2, 0) is 12.4 Å². The summed E-state index contributed by atoms with van der Waals surface area (Å²) in [6.45, 7) is 2.89. The van der Waals surface area contributed by atoms with Crippen LogP contribution in [0.5, 0.6) is 0 Å². The average molecular weight is 262 g/mol. The van der Waals surface area contributed by atoms with Crippen molar-refractivity contribution in [1.82, 2.24) is 9.97 Å². The Morgan fingerprint density at radius 2 is 1.89 bits per heavy atom. The standard InChI is InChI=1S/C14H16ClN3/c1-11-3-5-12(6-4-11)10-18(2)14-9-16-8-13(7-15)17-14/h3-6,8-9H,7,10H2,1-2H3. The molecule has 1 aromatic carbocycles. The summed E-state index contributed by atoms with van der Waals surface area (Å²) < 4.78 is 0. The molecule has 2 rings (SSSR count). The molecule has 0 saturated heterocycles. The maximum absolute atomic E-state index is 5.76. The van der Waals surface area contributed by atoms with Crippen LogP contribution in [0, 0.1) is 6.92 Å². The number of nitrogens with zero attached hydrogens (tertiary/aromatic N) is 3. The summed E-state index contributed by atoms with van der Waals surface area (Å²) in [7, 11) is 2.00. The summed E-state index contributed by atoms with van der Waals surface area (Å²) in [6, 6.07) is 8.49. The zero-order chi connectivity index (χ0) is 13.0. The van der Waals surface area contributed by atoms with Gasteiger partial charge >= 0.3 is 0 Å². The lowest BCUT2D eigenvalue weighted by atomic mass is 10.1. The minimum Gasteiger partial charge on any atom is -0.354 e. The maximum Gasteiger partial charge on any atom is 0.147 e. The molecule has 1 aromatic heterocycles. The van der Waals surface area contributed by atoms with Gasteiger partial charge in [0.1, 0.15) is 5.82 Å². The van der Waals surface area contributed by atoms with Crippen LogP contribution in [0.25, 0.3) is 0 Å². The Morgan fingerprint density at radius 1 is 1.17 bits per heavy atom. The van der Waals surface area contributed by atoms with Gasteiger partial charge in [-0.25, -0.2) is 4.98 Å². The minimum atomic E-state index is 0.388. The number of hydrogen-bond acceptors (Lipinski definition) is 3. The smallest absolute Gasteiger partial charge is 0.147 e. The van der Waals surface area contributed by atoms with Gasteiger partial charge in [-0.2, -0.15) is 0 Å². The Kier molecular flexibility index (Phi) is 4.15. The second-order valence-corrected chi connectivity index (χ2v) is 4.61. The van der Waals surface area contributed by atoms with E-state index in [2.05, 4.69) is 46.1 Å². The zero-order valence-corrected chi connectivity index (χ0v) is 11.4. The fraction of sp³-hybridized carbons (Fsp3) is 0.286. The van der Waals surface area contributed by atoms with Gasteiger partial charge in [-0.15, -0.1) is 11.6 Å². The van der Waals surface area contributed by atoms with Gasteiger partial charge in [0, 0.05) is 19.8 Å². The summed E-state index contributed by atoms with van der Waals surface area (Å²) in [5, 5.41) is 0. The number of halogens is 1. The van der Waals surface area contributed by atoms with E-state index in [-0.39, 0.29) is 0 Å². The molecule has 4 heteroatoms. The van der Waals surface area contributed by atoms with E-state index in [1.165, 1.54) is 11.1 Å². The van der Waals surface area contributed by atoms with E-state index in [4.69, 9.17) is 11.6 Å². The first-order valence-electron chi connectivity index (χ1n) is 5.82. The third kappa shape index (κ3) is 3.20. The number of aryl methyl sites for hydroxylation is 1. The van der Waals surface area contributed by atoms with Crippen molar-refractivity contribution in [1.29, 1.82) is 0 Å². The molecule has 1 heterocycles. The third-order valence-electron chi connectivity index (χ3n) is 2.74. The number of anilines is 1. The van der Waals surface area contributed by atoms with E-state index in [0.717, 1.165) is 18.1 Å². The summed E-state index contributed by atoms with van der Waals surface area (Å²) in [4.78, 5) is 10.6. The highest BCUT2D eigenvalue weighted by atomic mass is 35.5. The molecule has 2 aromatic rings. The van der Waals surface area contributed by atoms with Crippen LogP contribution in [0.4, 0.5) is 5.82 Å². The van der Waals surface area contributed by atoms with Crippen molar-refractivity contribution in [2.24, 2.45) is 0 Å². The molecule has 0 saturated carbocycles. The van der Waals surface area contributed by atoms with Crippen molar-refractivity contribution in [2.75, 3.05) is 11.9 Å². The molecule has 0 aliphatic heterocycles. The lowest BCUT2D eigenvalue weighted by molar-refractivity contribution is 0.880. The molecule has 0 unspecified atom stereocenters. The number of benzene rings is 1. The van der Waals surface area contributed by atoms with Crippen molar-refractivity contribution in [3.05, 3.63) is 53.5 Å². The lowest BCUT2D eigenvalue weighted by Gasteiger charge is -2.18. The largest absolute Gasteiger partial charge is 0.354 e. The van der Waals surface area contributed by atoms with Crippen LogP contribution in [0.2, 0.25) is 0 Å². The van der Waals surface area contributed by atoms with E-state index < -0.39 is 0 Å². The molecular formula is C14H16ClN3. The number of aromatic nitrogens is 2. The molecule has 0 atom stereocenters. The van der Waals surface area contributed by atoms with Crippen LogP contribution in [0.15, 0.2) is 36.7 Å². The Balaban J connectivity index is 2.11. The summed E-state index contributed by atoms with van der Waals surface area (Å²) >= 11 is 5.76. The zero-order valence-electron chi connectivity index (χ0n) is 10.6. The topological polar surface area (TPSA) is 29.0 Å². The van der Waals surface area contributed by atoms with Crippen LogP contribution < -0.4 is 4.90 Å². The fourth-order valence-electron chi connectivity index (χ4n) is 1.69. The minimum absolute atomic E-state index is 0.388. The molecule has 0 radical (unpaired) electrons. The highest BCUT2D eigenvalue weighted by molar-refractivity contribution is 6.16.